The summed E-state index contributed by atoms with van der Waals surface area (Å²) >= 11 is 0. The van der Waals surface area contributed by atoms with Crippen molar-refractivity contribution in [1.82, 2.24) is 9.47 Å². The zero-order chi connectivity index (χ0) is 18.1. The van der Waals surface area contributed by atoms with Gasteiger partial charge in [-0.15, -0.1) is 0 Å². The number of nitrogens with zero attached hydrogens (tertiary/aromatic N) is 2. The number of aromatic nitrogens is 1. The van der Waals surface area contributed by atoms with Crippen molar-refractivity contribution in [3.63, 3.8) is 0 Å². The van der Waals surface area contributed by atoms with Crippen molar-refractivity contribution in [3.05, 3.63) is 59.1 Å². The molecule has 0 aliphatic carbocycles. The van der Waals surface area contributed by atoms with Gasteiger partial charge in [0.1, 0.15) is 13.2 Å². The van der Waals surface area contributed by atoms with Gasteiger partial charge >= 0.3 is 5.76 Å². The van der Waals surface area contributed by atoms with Crippen LogP contribution in [0.5, 0.6) is 11.5 Å². The highest BCUT2D eigenvalue weighted by atomic mass is 16.6. The average molecular weight is 354 g/mol. The van der Waals surface area contributed by atoms with Crippen molar-refractivity contribution in [2.24, 2.45) is 0 Å². The first kappa shape index (κ1) is 16.3. The molecule has 0 bridgehead atoms. The van der Waals surface area contributed by atoms with Gasteiger partial charge in [0.2, 0.25) is 5.91 Å². The number of carbonyl (C=O) groups excluding carboxylic acids is 1. The molecule has 7 heteroatoms. The molecule has 0 saturated heterocycles. The van der Waals surface area contributed by atoms with E-state index in [4.69, 9.17) is 13.9 Å². The van der Waals surface area contributed by atoms with E-state index in [1.807, 2.05) is 24.3 Å². The first-order valence-electron chi connectivity index (χ1n) is 8.32. The third-order valence-corrected chi connectivity index (χ3v) is 4.34. The largest absolute Gasteiger partial charge is 0.486 e. The van der Waals surface area contributed by atoms with Crippen molar-refractivity contribution >= 4 is 17.0 Å². The molecule has 0 radical (unpaired) electrons. The van der Waals surface area contributed by atoms with Crippen LogP contribution in [-0.4, -0.2) is 41.7 Å². The molecule has 2 aromatic carbocycles. The summed E-state index contributed by atoms with van der Waals surface area (Å²) in [7, 11) is 1.68. The van der Waals surface area contributed by atoms with Gasteiger partial charge in [-0.05, 0) is 24.3 Å². The third kappa shape index (κ3) is 3.03. The van der Waals surface area contributed by atoms with Gasteiger partial charge in [0.25, 0.3) is 0 Å². The standard InChI is InChI=1S/C19H18N2O5/c1-20(10-13-12-24-16-8-4-5-9-17(16)25-13)18(22)11-21-14-6-2-3-7-15(14)26-19(21)23/h2-9,13H,10-12H2,1H3. The second-order valence-corrected chi connectivity index (χ2v) is 6.19. The molecule has 0 N–H and O–H groups in total. The van der Waals surface area contributed by atoms with E-state index in [2.05, 4.69) is 0 Å². The lowest BCUT2D eigenvalue weighted by molar-refractivity contribution is -0.132. The Balaban J connectivity index is 1.44. The predicted molar refractivity (Wildman–Crippen MR) is 94.5 cm³/mol. The summed E-state index contributed by atoms with van der Waals surface area (Å²) in [4.78, 5) is 26.1. The lowest BCUT2D eigenvalue weighted by Gasteiger charge is -2.29. The number of oxazole rings is 1. The molecule has 26 heavy (non-hydrogen) atoms. The lowest BCUT2D eigenvalue weighted by atomic mass is 10.2. The quantitative estimate of drug-likeness (QED) is 0.715. The third-order valence-electron chi connectivity index (χ3n) is 4.34. The van der Waals surface area contributed by atoms with Crippen LogP contribution in [0.1, 0.15) is 0 Å². The maximum absolute atomic E-state index is 12.6. The SMILES string of the molecule is CN(CC1COc2ccccc2O1)C(=O)Cn1c(=O)oc2ccccc21. The highest BCUT2D eigenvalue weighted by Crippen LogP contribution is 2.30. The molecular formula is C19H18N2O5. The average Bonchev–Trinajstić information content (AvgIpc) is 2.97. The van der Waals surface area contributed by atoms with Crippen LogP contribution in [0.2, 0.25) is 0 Å². The minimum absolute atomic E-state index is 0.0868. The van der Waals surface area contributed by atoms with E-state index < -0.39 is 5.76 Å². The molecule has 7 nitrogen and oxygen atoms in total. The van der Waals surface area contributed by atoms with Crippen LogP contribution >= 0.6 is 0 Å². The molecule has 2 heterocycles. The fraction of sp³-hybridized carbons (Fsp3) is 0.263. The van der Waals surface area contributed by atoms with E-state index >= 15 is 0 Å². The van der Waals surface area contributed by atoms with Crippen LogP contribution < -0.4 is 15.2 Å². The van der Waals surface area contributed by atoms with Crippen molar-refractivity contribution in [1.29, 1.82) is 0 Å². The molecule has 134 valence electrons. The summed E-state index contributed by atoms with van der Waals surface area (Å²) in [5, 5.41) is 0. The predicted octanol–water partition coefficient (Wildman–Crippen LogP) is 1.89. The van der Waals surface area contributed by atoms with Crippen LogP contribution in [0.25, 0.3) is 11.1 Å². The fourth-order valence-corrected chi connectivity index (χ4v) is 2.98. The van der Waals surface area contributed by atoms with Crippen molar-refractivity contribution in [2.75, 3.05) is 20.2 Å². The normalized spacial score (nSPS) is 15.8. The molecule has 0 saturated carbocycles. The van der Waals surface area contributed by atoms with Crippen LogP contribution in [0, 0.1) is 0 Å². The molecule has 1 amide bonds. The minimum atomic E-state index is -0.542. The van der Waals surface area contributed by atoms with Crippen molar-refractivity contribution in [2.45, 2.75) is 12.6 Å². The van der Waals surface area contributed by atoms with Crippen LogP contribution in [0.15, 0.2) is 57.7 Å². The van der Waals surface area contributed by atoms with Crippen molar-refractivity contribution in [3.8, 4) is 11.5 Å². The molecule has 1 aliphatic rings. The van der Waals surface area contributed by atoms with Gasteiger partial charge in [-0.25, -0.2) is 4.79 Å². The molecule has 1 aromatic heterocycles. The molecular weight excluding hydrogens is 336 g/mol. The zero-order valence-electron chi connectivity index (χ0n) is 14.3. The monoisotopic (exact) mass is 354 g/mol. The molecule has 0 fully saturated rings. The Morgan fingerprint density at radius 3 is 2.73 bits per heavy atom. The zero-order valence-corrected chi connectivity index (χ0v) is 14.3. The van der Waals surface area contributed by atoms with Gasteiger partial charge < -0.3 is 18.8 Å². The summed E-state index contributed by atoms with van der Waals surface area (Å²) in [5.74, 6) is 0.621. The topological polar surface area (TPSA) is 73.9 Å². The van der Waals surface area contributed by atoms with E-state index in [9.17, 15) is 9.59 Å². The number of ether oxygens (including phenoxy) is 2. The smallest absolute Gasteiger partial charge is 0.420 e. The number of rotatable bonds is 4. The highest BCUT2D eigenvalue weighted by molar-refractivity contribution is 5.79. The molecule has 1 aliphatic heterocycles. The fourth-order valence-electron chi connectivity index (χ4n) is 2.98. The highest BCUT2D eigenvalue weighted by Gasteiger charge is 2.24. The summed E-state index contributed by atoms with van der Waals surface area (Å²) in [6.45, 7) is 0.636. The molecule has 1 atom stereocenters. The number of hydrogen-bond acceptors (Lipinski definition) is 5. The van der Waals surface area contributed by atoms with E-state index in [1.165, 1.54) is 9.47 Å². The Labute approximate surface area is 149 Å². The van der Waals surface area contributed by atoms with Gasteiger partial charge in [-0.2, -0.15) is 0 Å². The Bertz CT molecular complexity index is 1010. The van der Waals surface area contributed by atoms with E-state index in [0.717, 1.165) is 0 Å². The summed E-state index contributed by atoms with van der Waals surface area (Å²) in [6.07, 6.45) is -0.267. The lowest BCUT2D eigenvalue weighted by Crippen LogP contribution is -2.43. The first-order valence-corrected chi connectivity index (χ1v) is 8.32. The van der Waals surface area contributed by atoms with Gasteiger partial charge in [0.05, 0.1) is 12.1 Å². The number of para-hydroxylation sites is 4. The van der Waals surface area contributed by atoms with E-state index in [1.54, 1.807) is 31.3 Å². The minimum Gasteiger partial charge on any atom is -0.486 e. The number of likely N-dealkylation sites (N-methyl/N-ethyl adjacent to an activating group) is 1. The molecule has 3 aromatic rings. The van der Waals surface area contributed by atoms with Gasteiger partial charge in [-0.3, -0.25) is 9.36 Å². The van der Waals surface area contributed by atoms with Crippen LogP contribution in [-0.2, 0) is 11.3 Å². The van der Waals surface area contributed by atoms with E-state index in [-0.39, 0.29) is 18.6 Å². The number of hydrogen-bond donors (Lipinski definition) is 0. The maximum Gasteiger partial charge on any atom is 0.420 e. The molecule has 1 unspecified atom stereocenters. The Hall–Kier alpha value is -3.22. The second-order valence-electron chi connectivity index (χ2n) is 6.19. The van der Waals surface area contributed by atoms with Gasteiger partial charge in [0.15, 0.2) is 23.2 Å². The number of amides is 1. The molecule has 4 rings (SSSR count). The number of benzene rings is 2. The van der Waals surface area contributed by atoms with Crippen LogP contribution in [0.4, 0.5) is 0 Å². The maximum atomic E-state index is 12.6. The van der Waals surface area contributed by atoms with Crippen molar-refractivity contribution < 1.29 is 18.7 Å². The van der Waals surface area contributed by atoms with Crippen LogP contribution in [0.3, 0.4) is 0 Å². The first-order chi connectivity index (χ1) is 12.6. The van der Waals surface area contributed by atoms with E-state index in [0.29, 0.717) is 35.8 Å². The summed E-state index contributed by atoms with van der Waals surface area (Å²) in [5.41, 5.74) is 1.07. The Morgan fingerprint density at radius 2 is 1.88 bits per heavy atom. The Kier molecular flexibility index (Phi) is 4.12. The van der Waals surface area contributed by atoms with Gasteiger partial charge in [-0.1, -0.05) is 24.3 Å². The Morgan fingerprint density at radius 1 is 1.15 bits per heavy atom. The summed E-state index contributed by atoms with van der Waals surface area (Å²) in [6, 6.07) is 14.5. The number of carbonyl (C=O) groups is 1. The number of fused-ring (bicyclic) bond motifs is 2. The second kappa shape index (κ2) is 6.59. The van der Waals surface area contributed by atoms with Gasteiger partial charge in [0, 0.05) is 7.05 Å². The molecule has 0 spiro atoms. The summed E-state index contributed by atoms with van der Waals surface area (Å²) < 4.78 is 18.0.